The molecule has 2 amide bonds. The van der Waals surface area contributed by atoms with Crippen molar-refractivity contribution in [2.75, 3.05) is 11.9 Å². The molecule has 0 unspecified atom stereocenters. The molecule has 0 bridgehead atoms. The second kappa shape index (κ2) is 6.36. The normalized spacial score (nSPS) is 20.4. The summed E-state index contributed by atoms with van der Waals surface area (Å²) in [5.74, 6) is 0.225. The quantitative estimate of drug-likeness (QED) is 0.909. The number of benzene rings is 1. The number of likely N-dealkylation sites (tertiary alicyclic amines) is 1. The van der Waals surface area contributed by atoms with Crippen molar-refractivity contribution < 1.29 is 9.59 Å². The van der Waals surface area contributed by atoms with Crippen LogP contribution in [0.5, 0.6) is 0 Å². The van der Waals surface area contributed by atoms with Gasteiger partial charge < -0.3 is 10.2 Å². The SMILES string of the molecule is O=C(Nc1nc(C2CC2)cs1)[C@@H]1CC(=O)N(Cc2ccccc2)C1. The molecule has 1 saturated carbocycles. The largest absolute Gasteiger partial charge is 0.338 e. The number of amides is 2. The topological polar surface area (TPSA) is 62.3 Å². The molecule has 2 aromatic rings. The Labute approximate surface area is 144 Å². The fourth-order valence-corrected chi connectivity index (χ4v) is 3.82. The van der Waals surface area contributed by atoms with Crippen molar-refractivity contribution in [3.05, 3.63) is 47.0 Å². The lowest BCUT2D eigenvalue weighted by Gasteiger charge is -2.16. The molecule has 1 aromatic heterocycles. The van der Waals surface area contributed by atoms with Crippen molar-refractivity contribution >= 4 is 28.3 Å². The van der Waals surface area contributed by atoms with Crippen molar-refractivity contribution in [2.24, 2.45) is 5.92 Å². The lowest BCUT2D eigenvalue weighted by Crippen LogP contribution is -2.28. The van der Waals surface area contributed by atoms with Crippen LogP contribution in [0.4, 0.5) is 5.13 Å². The van der Waals surface area contributed by atoms with E-state index in [2.05, 4.69) is 10.3 Å². The summed E-state index contributed by atoms with van der Waals surface area (Å²) in [5.41, 5.74) is 2.17. The van der Waals surface area contributed by atoms with E-state index in [4.69, 9.17) is 0 Å². The summed E-state index contributed by atoms with van der Waals surface area (Å²) < 4.78 is 0. The van der Waals surface area contributed by atoms with E-state index in [1.54, 1.807) is 4.90 Å². The molecule has 1 atom stereocenters. The summed E-state index contributed by atoms with van der Waals surface area (Å²) in [7, 11) is 0. The number of aromatic nitrogens is 1. The number of carbonyl (C=O) groups is 2. The number of nitrogens with one attached hydrogen (secondary N) is 1. The van der Waals surface area contributed by atoms with Crippen LogP contribution in [-0.4, -0.2) is 28.2 Å². The maximum Gasteiger partial charge on any atom is 0.231 e. The van der Waals surface area contributed by atoms with Gasteiger partial charge in [0.15, 0.2) is 5.13 Å². The molecule has 1 aliphatic heterocycles. The van der Waals surface area contributed by atoms with Crippen molar-refractivity contribution in [3.8, 4) is 0 Å². The van der Waals surface area contributed by atoms with Crippen molar-refractivity contribution in [3.63, 3.8) is 0 Å². The molecule has 2 fully saturated rings. The van der Waals surface area contributed by atoms with Crippen molar-refractivity contribution in [1.82, 2.24) is 9.88 Å². The Morgan fingerprint density at radius 3 is 2.83 bits per heavy atom. The second-order valence-electron chi connectivity index (χ2n) is 6.50. The molecule has 0 radical (unpaired) electrons. The molecule has 1 aliphatic carbocycles. The van der Waals surface area contributed by atoms with Crippen molar-refractivity contribution in [1.29, 1.82) is 0 Å². The zero-order valence-corrected chi connectivity index (χ0v) is 14.1. The number of nitrogens with zero attached hydrogens (tertiary/aromatic N) is 2. The highest BCUT2D eigenvalue weighted by atomic mass is 32.1. The summed E-state index contributed by atoms with van der Waals surface area (Å²) in [6.45, 7) is 1.03. The Morgan fingerprint density at radius 1 is 1.29 bits per heavy atom. The minimum Gasteiger partial charge on any atom is -0.338 e. The number of anilines is 1. The summed E-state index contributed by atoms with van der Waals surface area (Å²) in [6, 6.07) is 9.86. The highest BCUT2D eigenvalue weighted by Crippen LogP contribution is 2.41. The van der Waals surface area contributed by atoms with Crippen molar-refractivity contribution in [2.45, 2.75) is 31.7 Å². The Balaban J connectivity index is 1.35. The Hall–Kier alpha value is -2.21. The number of rotatable bonds is 5. The minimum atomic E-state index is -0.297. The average Bonchev–Trinajstić information content (AvgIpc) is 3.23. The highest BCUT2D eigenvalue weighted by molar-refractivity contribution is 7.13. The molecule has 4 rings (SSSR count). The van der Waals surface area contributed by atoms with Crippen LogP contribution in [0.3, 0.4) is 0 Å². The van der Waals surface area contributed by atoms with Gasteiger partial charge in [-0.05, 0) is 18.4 Å². The molecular formula is C18H19N3O2S. The minimum absolute atomic E-state index is 0.0387. The Kier molecular flexibility index (Phi) is 4.06. The first-order valence-corrected chi connectivity index (χ1v) is 9.15. The summed E-state index contributed by atoms with van der Waals surface area (Å²) >= 11 is 1.47. The van der Waals surface area contributed by atoms with Gasteiger partial charge in [0, 0.05) is 30.8 Å². The van der Waals surface area contributed by atoms with Gasteiger partial charge in [-0.15, -0.1) is 11.3 Å². The summed E-state index contributed by atoms with van der Waals surface area (Å²) in [5, 5.41) is 5.55. The van der Waals surface area contributed by atoms with Crippen LogP contribution in [0.15, 0.2) is 35.7 Å². The average molecular weight is 341 g/mol. The predicted octanol–water partition coefficient (Wildman–Crippen LogP) is 3.01. The summed E-state index contributed by atoms with van der Waals surface area (Å²) in [4.78, 5) is 30.8. The van der Waals surface area contributed by atoms with Crippen LogP contribution in [0.2, 0.25) is 0 Å². The molecule has 1 saturated heterocycles. The maximum absolute atomic E-state index is 12.4. The first-order valence-electron chi connectivity index (χ1n) is 8.27. The summed E-state index contributed by atoms with van der Waals surface area (Å²) in [6.07, 6.45) is 2.67. The van der Waals surface area contributed by atoms with Gasteiger partial charge in [0.2, 0.25) is 11.8 Å². The second-order valence-corrected chi connectivity index (χ2v) is 7.36. The van der Waals surface area contributed by atoms with E-state index in [9.17, 15) is 9.59 Å². The number of hydrogen-bond donors (Lipinski definition) is 1. The van der Waals surface area contributed by atoms with Gasteiger partial charge in [0.1, 0.15) is 0 Å². The lowest BCUT2D eigenvalue weighted by atomic mass is 10.1. The van der Waals surface area contributed by atoms with Crippen LogP contribution < -0.4 is 5.32 Å². The van der Waals surface area contributed by atoms with Crippen LogP contribution in [-0.2, 0) is 16.1 Å². The molecule has 1 aromatic carbocycles. The molecule has 24 heavy (non-hydrogen) atoms. The van der Waals surface area contributed by atoms with Gasteiger partial charge in [0.25, 0.3) is 0 Å². The number of hydrogen-bond acceptors (Lipinski definition) is 4. The van der Waals surface area contributed by atoms with Gasteiger partial charge >= 0.3 is 0 Å². The van der Waals surface area contributed by atoms with Crippen LogP contribution in [0, 0.1) is 5.92 Å². The molecule has 0 spiro atoms. The van der Waals surface area contributed by atoms with Gasteiger partial charge in [-0.1, -0.05) is 30.3 Å². The molecular weight excluding hydrogens is 322 g/mol. The van der Waals surface area contributed by atoms with Crippen LogP contribution in [0.1, 0.15) is 36.4 Å². The van der Waals surface area contributed by atoms with E-state index in [1.807, 2.05) is 35.7 Å². The smallest absolute Gasteiger partial charge is 0.231 e. The molecule has 1 N–H and O–H groups in total. The predicted molar refractivity (Wildman–Crippen MR) is 92.7 cm³/mol. The van der Waals surface area contributed by atoms with E-state index >= 15 is 0 Å². The van der Waals surface area contributed by atoms with Gasteiger partial charge in [-0.25, -0.2) is 4.98 Å². The van der Waals surface area contributed by atoms with Gasteiger partial charge in [-0.3, -0.25) is 9.59 Å². The molecule has 2 heterocycles. The molecule has 2 aliphatic rings. The third-order valence-corrected chi connectivity index (χ3v) is 5.33. The highest BCUT2D eigenvalue weighted by Gasteiger charge is 2.34. The lowest BCUT2D eigenvalue weighted by molar-refractivity contribution is -0.128. The van der Waals surface area contributed by atoms with Gasteiger partial charge in [-0.2, -0.15) is 0 Å². The van der Waals surface area contributed by atoms with Gasteiger partial charge in [0.05, 0.1) is 11.6 Å². The number of carbonyl (C=O) groups excluding carboxylic acids is 2. The third-order valence-electron chi connectivity index (χ3n) is 4.55. The van der Waals surface area contributed by atoms with E-state index in [1.165, 1.54) is 24.2 Å². The van der Waals surface area contributed by atoms with E-state index < -0.39 is 0 Å². The van der Waals surface area contributed by atoms with E-state index in [0.717, 1.165) is 11.3 Å². The van der Waals surface area contributed by atoms with Crippen LogP contribution >= 0.6 is 11.3 Å². The standard InChI is InChI=1S/C18H19N3O2S/c22-16-8-14(10-21(16)9-12-4-2-1-3-5-12)17(23)20-18-19-15(11-24-18)13-6-7-13/h1-5,11,13-14H,6-10H2,(H,19,20,23)/t14-/m1/s1. The molecule has 6 heteroatoms. The number of thiazole rings is 1. The maximum atomic E-state index is 12.4. The Bertz CT molecular complexity index is 755. The zero-order chi connectivity index (χ0) is 16.5. The first-order chi connectivity index (χ1) is 11.7. The monoisotopic (exact) mass is 341 g/mol. The third kappa shape index (κ3) is 3.33. The van der Waals surface area contributed by atoms with Crippen LogP contribution in [0.25, 0.3) is 0 Å². The first kappa shape index (κ1) is 15.3. The fraction of sp³-hybridized carbons (Fsp3) is 0.389. The fourth-order valence-electron chi connectivity index (χ4n) is 3.02. The van der Waals surface area contributed by atoms with E-state index in [0.29, 0.717) is 24.1 Å². The Morgan fingerprint density at radius 2 is 2.08 bits per heavy atom. The van der Waals surface area contributed by atoms with E-state index in [-0.39, 0.29) is 24.2 Å². The zero-order valence-electron chi connectivity index (χ0n) is 13.3. The molecule has 5 nitrogen and oxygen atoms in total. The molecule has 124 valence electrons.